The van der Waals surface area contributed by atoms with Crippen molar-refractivity contribution in [2.75, 3.05) is 12.8 Å². The number of nitrogens with two attached hydrogens (primary N) is 1. The van der Waals surface area contributed by atoms with Crippen LogP contribution in [0.2, 0.25) is 0 Å². The molecule has 8 heteroatoms. The first kappa shape index (κ1) is 11.7. The molecule has 0 aliphatic carbocycles. The highest BCUT2D eigenvalue weighted by atomic mass is 16.6. The quantitative estimate of drug-likeness (QED) is 0.635. The van der Waals surface area contributed by atoms with Crippen LogP contribution in [0, 0.1) is 10.1 Å². The number of aromatic nitrogens is 3. The summed E-state index contributed by atoms with van der Waals surface area (Å²) >= 11 is 0. The number of methoxy groups -OCH3 is 1. The van der Waals surface area contributed by atoms with E-state index in [1.54, 1.807) is 0 Å². The van der Waals surface area contributed by atoms with Crippen LogP contribution in [0.1, 0.15) is 0 Å². The van der Waals surface area contributed by atoms with Gasteiger partial charge in [-0.05, 0) is 6.07 Å². The largest absolute Gasteiger partial charge is 0.479 e. The van der Waals surface area contributed by atoms with Crippen LogP contribution in [0.4, 0.5) is 11.5 Å². The van der Waals surface area contributed by atoms with Crippen molar-refractivity contribution in [3.8, 4) is 17.3 Å². The second-order valence-electron chi connectivity index (χ2n) is 3.28. The highest BCUT2D eigenvalue weighted by Crippen LogP contribution is 2.31. The van der Waals surface area contributed by atoms with Gasteiger partial charge in [0.05, 0.1) is 12.0 Å². The van der Waals surface area contributed by atoms with Gasteiger partial charge in [-0.25, -0.2) is 15.0 Å². The van der Waals surface area contributed by atoms with Crippen molar-refractivity contribution in [3.05, 3.63) is 34.6 Å². The predicted octanol–water partition coefficient (Wildman–Crippen LogP) is 1.04. The van der Waals surface area contributed by atoms with Crippen molar-refractivity contribution in [3.63, 3.8) is 0 Å². The van der Waals surface area contributed by atoms with Gasteiger partial charge in [-0.3, -0.25) is 10.1 Å². The highest BCUT2D eigenvalue weighted by Gasteiger charge is 2.22. The van der Waals surface area contributed by atoms with E-state index < -0.39 is 4.92 Å². The summed E-state index contributed by atoms with van der Waals surface area (Å²) in [6.45, 7) is 0. The molecule has 0 unspecified atom stereocenters. The fraction of sp³-hybridized carbons (Fsp3) is 0.100. The molecule has 0 bridgehead atoms. The van der Waals surface area contributed by atoms with Gasteiger partial charge in [0.25, 0.3) is 5.69 Å². The number of anilines is 1. The average Bonchev–Trinajstić information content (AvgIpc) is 2.38. The number of nitro groups is 1. The molecule has 0 atom stereocenters. The van der Waals surface area contributed by atoms with Gasteiger partial charge < -0.3 is 10.5 Å². The molecule has 0 spiro atoms. The van der Waals surface area contributed by atoms with Crippen LogP contribution in [0.3, 0.4) is 0 Å². The van der Waals surface area contributed by atoms with E-state index in [9.17, 15) is 10.1 Å². The zero-order valence-electron chi connectivity index (χ0n) is 9.40. The average molecular weight is 247 g/mol. The van der Waals surface area contributed by atoms with Gasteiger partial charge in [0.1, 0.15) is 5.82 Å². The smallest absolute Gasteiger partial charge is 0.297 e. The first-order chi connectivity index (χ1) is 8.63. The summed E-state index contributed by atoms with van der Waals surface area (Å²) in [6.07, 6.45) is 2.81. The summed E-state index contributed by atoms with van der Waals surface area (Å²) in [5.41, 5.74) is 5.54. The minimum atomic E-state index is -0.560. The molecule has 2 aromatic rings. The molecule has 2 heterocycles. The highest BCUT2D eigenvalue weighted by molar-refractivity contribution is 5.71. The van der Waals surface area contributed by atoms with E-state index in [1.807, 2.05) is 0 Å². The monoisotopic (exact) mass is 247 g/mol. The van der Waals surface area contributed by atoms with Gasteiger partial charge in [-0.1, -0.05) is 0 Å². The Balaban J connectivity index is 2.69. The molecule has 0 amide bonds. The lowest BCUT2D eigenvalue weighted by Crippen LogP contribution is -2.01. The SMILES string of the molecule is COc1nccnc1-c1nc(N)ccc1[N+](=O)[O-]. The topological polar surface area (TPSA) is 117 Å². The molecule has 92 valence electrons. The minimum Gasteiger partial charge on any atom is -0.479 e. The standard InChI is InChI=1S/C10H9N5O3/c1-18-10-9(12-4-5-13-10)8-6(15(16)17)2-3-7(11)14-8/h2-5H,1H3,(H2,11,14). The Morgan fingerprint density at radius 1 is 1.28 bits per heavy atom. The third-order valence-corrected chi connectivity index (χ3v) is 2.17. The Hall–Kier alpha value is -2.77. The number of ether oxygens (including phenoxy) is 1. The van der Waals surface area contributed by atoms with Crippen LogP contribution >= 0.6 is 0 Å². The molecule has 0 saturated heterocycles. The van der Waals surface area contributed by atoms with Crippen molar-refractivity contribution < 1.29 is 9.66 Å². The van der Waals surface area contributed by atoms with Crippen LogP contribution < -0.4 is 10.5 Å². The summed E-state index contributed by atoms with van der Waals surface area (Å²) in [5, 5.41) is 10.9. The van der Waals surface area contributed by atoms with E-state index in [0.717, 1.165) is 0 Å². The van der Waals surface area contributed by atoms with E-state index in [-0.39, 0.29) is 28.8 Å². The molecule has 0 radical (unpaired) electrons. The van der Waals surface area contributed by atoms with Crippen molar-refractivity contribution in [2.24, 2.45) is 0 Å². The van der Waals surface area contributed by atoms with E-state index in [4.69, 9.17) is 10.5 Å². The molecule has 0 aliphatic heterocycles. The molecule has 0 fully saturated rings. The van der Waals surface area contributed by atoms with E-state index in [1.165, 1.54) is 31.6 Å². The Labute approximate surface area is 102 Å². The van der Waals surface area contributed by atoms with Gasteiger partial charge in [0.2, 0.25) is 5.88 Å². The Morgan fingerprint density at radius 3 is 2.67 bits per heavy atom. The second kappa shape index (κ2) is 4.62. The lowest BCUT2D eigenvalue weighted by molar-refractivity contribution is -0.384. The van der Waals surface area contributed by atoms with E-state index in [2.05, 4.69) is 15.0 Å². The van der Waals surface area contributed by atoms with E-state index >= 15 is 0 Å². The number of hydrogen-bond acceptors (Lipinski definition) is 7. The first-order valence-electron chi connectivity index (χ1n) is 4.89. The first-order valence-corrected chi connectivity index (χ1v) is 4.89. The lowest BCUT2D eigenvalue weighted by Gasteiger charge is -2.06. The van der Waals surface area contributed by atoms with E-state index in [0.29, 0.717) is 0 Å². The maximum atomic E-state index is 10.9. The Kier molecular flexibility index (Phi) is 3.00. The van der Waals surface area contributed by atoms with Crippen LogP contribution in [-0.2, 0) is 0 Å². The molecule has 0 saturated carbocycles. The van der Waals surface area contributed by atoms with Crippen LogP contribution in [0.15, 0.2) is 24.5 Å². The normalized spacial score (nSPS) is 10.1. The van der Waals surface area contributed by atoms with Crippen molar-refractivity contribution in [2.45, 2.75) is 0 Å². The van der Waals surface area contributed by atoms with Crippen molar-refractivity contribution in [1.29, 1.82) is 0 Å². The number of nitrogen functional groups attached to an aromatic ring is 1. The summed E-state index contributed by atoms with van der Waals surface area (Å²) < 4.78 is 5.00. The zero-order valence-corrected chi connectivity index (χ0v) is 9.40. The number of nitrogens with zero attached hydrogens (tertiary/aromatic N) is 4. The molecular weight excluding hydrogens is 238 g/mol. The molecule has 2 aromatic heterocycles. The molecule has 8 nitrogen and oxygen atoms in total. The van der Waals surface area contributed by atoms with Gasteiger partial charge in [0.15, 0.2) is 11.4 Å². The third-order valence-electron chi connectivity index (χ3n) is 2.17. The van der Waals surface area contributed by atoms with Crippen LogP contribution in [-0.4, -0.2) is 27.0 Å². The molecule has 2 rings (SSSR count). The van der Waals surface area contributed by atoms with Gasteiger partial charge in [-0.15, -0.1) is 0 Å². The lowest BCUT2D eigenvalue weighted by atomic mass is 10.2. The number of pyridine rings is 1. The van der Waals surface area contributed by atoms with Crippen molar-refractivity contribution >= 4 is 11.5 Å². The number of hydrogen-bond donors (Lipinski definition) is 1. The predicted molar refractivity (Wildman–Crippen MR) is 62.9 cm³/mol. The molecule has 18 heavy (non-hydrogen) atoms. The maximum Gasteiger partial charge on any atom is 0.297 e. The van der Waals surface area contributed by atoms with Crippen LogP contribution in [0.25, 0.3) is 11.4 Å². The number of rotatable bonds is 3. The second-order valence-corrected chi connectivity index (χ2v) is 3.28. The molecule has 0 aliphatic rings. The fourth-order valence-corrected chi connectivity index (χ4v) is 1.43. The van der Waals surface area contributed by atoms with Gasteiger partial charge >= 0.3 is 0 Å². The molecular formula is C10H9N5O3. The molecule has 2 N–H and O–H groups in total. The fourth-order valence-electron chi connectivity index (χ4n) is 1.43. The minimum absolute atomic E-state index is 0.0324. The summed E-state index contributed by atoms with van der Waals surface area (Å²) in [4.78, 5) is 22.2. The Bertz CT molecular complexity index is 602. The van der Waals surface area contributed by atoms with Gasteiger partial charge in [-0.2, -0.15) is 0 Å². The zero-order chi connectivity index (χ0) is 13.1. The molecule has 0 aromatic carbocycles. The van der Waals surface area contributed by atoms with Crippen LogP contribution in [0.5, 0.6) is 5.88 Å². The van der Waals surface area contributed by atoms with Crippen molar-refractivity contribution in [1.82, 2.24) is 15.0 Å². The third kappa shape index (κ3) is 2.03. The maximum absolute atomic E-state index is 10.9. The summed E-state index contributed by atoms with van der Waals surface area (Å²) in [7, 11) is 1.39. The summed E-state index contributed by atoms with van der Waals surface area (Å²) in [5.74, 6) is 0.307. The Morgan fingerprint density at radius 2 is 2.00 bits per heavy atom. The summed E-state index contributed by atoms with van der Waals surface area (Å²) in [6, 6.07) is 2.62. The van der Waals surface area contributed by atoms with Gasteiger partial charge in [0, 0.05) is 18.5 Å².